The van der Waals surface area contributed by atoms with Gasteiger partial charge in [-0.05, 0) is 6.92 Å². The predicted octanol–water partition coefficient (Wildman–Crippen LogP) is 3.63. The van der Waals surface area contributed by atoms with Gasteiger partial charge in [0.05, 0.1) is 32.7 Å². The number of pyridine rings is 1. The number of aromatic nitrogens is 1. The Morgan fingerprint density at radius 1 is 1.06 bits per heavy atom. The quantitative estimate of drug-likeness (QED) is 0.474. The first kappa shape index (κ1) is 21.2. The van der Waals surface area contributed by atoms with Gasteiger partial charge in [0.15, 0.2) is 17.1 Å². The number of nitrogens with zero attached hydrogens (tertiary/aromatic N) is 1. The first-order chi connectivity index (χ1) is 15.5. The van der Waals surface area contributed by atoms with Crippen LogP contribution in [0.15, 0.2) is 62.3 Å². The molecule has 8 nitrogen and oxygen atoms in total. The first-order valence-corrected chi connectivity index (χ1v) is 9.96. The van der Waals surface area contributed by atoms with Gasteiger partial charge in [0.2, 0.25) is 16.9 Å². The van der Waals surface area contributed by atoms with E-state index in [9.17, 15) is 9.59 Å². The highest BCUT2D eigenvalue weighted by Gasteiger charge is 2.23. The van der Waals surface area contributed by atoms with Crippen LogP contribution in [0.25, 0.3) is 22.5 Å². The molecule has 0 aliphatic rings. The predicted molar refractivity (Wildman–Crippen MR) is 118 cm³/mol. The Balaban J connectivity index is 1.65. The summed E-state index contributed by atoms with van der Waals surface area (Å²) in [6.07, 6.45) is 1.53. The second kappa shape index (κ2) is 8.97. The fourth-order valence-corrected chi connectivity index (χ4v) is 3.53. The van der Waals surface area contributed by atoms with Crippen molar-refractivity contribution in [2.75, 3.05) is 14.2 Å². The van der Waals surface area contributed by atoms with Crippen LogP contribution in [0.5, 0.6) is 11.5 Å². The van der Waals surface area contributed by atoms with Crippen molar-refractivity contribution in [1.82, 2.24) is 10.3 Å². The molecule has 1 N–H and O–H groups in total. The maximum absolute atomic E-state index is 12.9. The normalized spacial score (nSPS) is 10.8. The molecule has 0 bridgehead atoms. The van der Waals surface area contributed by atoms with Gasteiger partial charge in [0, 0.05) is 23.9 Å². The molecule has 8 heteroatoms. The van der Waals surface area contributed by atoms with Gasteiger partial charge in [-0.2, -0.15) is 0 Å². The van der Waals surface area contributed by atoms with Crippen molar-refractivity contribution >= 4 is 17.1 Å². The molecule has 0 unspecified atom stereocenters. The fourth-order valence-electron chi connectivity index (χ4n) is 3.53. The van der Waals surface area contributed by atoms with E-state index in [0.717, 1.165) is 5.56 Å². The van der Waals surface area contributed by atoms with Crippen LogP contribution in [0.2, 0.25) is 0 Å². The van der Waals surface area contributed by atoms with Gasteiger partial charge in [0.1, 0.15) is 17.2 Å². The van der Waals surface area contributed by atoms with E-state index >= 15 is 0 Å². The number of carbonyl (C=O) groups is 1. The van der Waals surface area contributed by atoms with Crippen LogP contribution in [0.1, 0.15) is 17.0 Å². The molecule has 1 amide bonds. The van der Waals surface area contributed by atoms with E-state index < -0.39 is 0 Å². The third-order valence-electron chi connectivity index (χ3n) is 4.97. The number of nitrogens with one attached hydrogen (secondary N) is 1. The first-order valence-electron chi connectivity index (χ1n) is 9.96. The molecule has 0 saturated carbocycles. The summed E-state index contributed by atoms with van der Waals surface area (Å²) in [6, 6.07) is 12.3. The summed E-state index contributed by atoms with van der Waals surface area (Å²) in [7, 11) is 3.05. The Labute approximate surface area is 183 Å². The van der Waals surface area contributed by atoms with Gasteiger partial charge in [-0.25, -0.2) is 0 Å². The average Bonchev–Trinajstić information content (AvgIpc) is 3.16. The van der Waals surface area contributed by atoms with Gasteiger partial charge < -0.3 is 23.6 Å². The van der Waals surface area contributed by atoms with E-state index in [1.807, 2.05) is 30.3 Å². The summed E-state index contributed by atoms with van der Waals surface area (Å²) >= 11 is 0. The zero-order valence-corrected chi connectivity index (χ0v) is 17.9. The lowest BCUT2D eigenvalue weighted by molar-refractivity contribution is -0.120. The second-order valence-corrected chi connectivity index (χ2v) is 7.10. The minimum absolute atomic E-state index is 0.0457. The number of ether oxygens (including phenoxy) is 2. The van der Waals surface area contributed by atoms with Crippen molar-refractivity contribution in [3.63, 3.8) is 0 Å². The Morgan fingerprint density at radius 3 is 2.56 bits per heavy atom. The summed E-state index contributed by atoms with van der Waals surface area (Å²) in [5, 5.41) is 2.84. The molecular weight excluding hydrogens is 412 g/mol. The number of aryl methyl sites for hydroxylation is 1. The zero-order chi connectivity index (χ0) is 22.7. The molecule has 0 spiro atoms. The third-order valence-corrected chi connectivity index (χ3v) is 4.97. The van der Waals surface area contributed by atoms with Gasteiger partial charge in [-0.1, -0.05) is 30.3 Å². The summed E-state index contributed by atoms with van der Waals surface area (Å²) in [5.41, 5.74) is 1.86. The van der Waals surface area contributed by atoms with Crippen LogP contribution in [-0.4, -0.2) is 25.1 Å². The van der Waals surface area contributed by atoms with Crippen molar-refractivity contribution < 1.29 is 23.1 Å². The summed E-state index contributed by atoms with van der Waals surface area (Å²) in [6.45, 7) is 1.82. The molecule has 3 aromatic heterocycles. The van der Waals surface area contributed by atoms with Crippen LogP contribution in [0, 0.1) is 6.92 Å². The lowest BCUT2D eigenvalue weighted by Gasteiger charge is -2.12. The molecule has 0 aliphatic heterocycles. The Bertz CT molecular complexity index is 1320. The molecule has 0 radical (unpaired) electrons. The number of amides is 1. The summed E-state index contributed by atoms with van der Waals surface area (Å²) < 4.78 is 22.3. The van der Waals surface area contributed by atoms with Crippen LogP contribution in [0.3, 0.4) is 0 Å². The topological polar surface area (TPSA) is 104 Å². The number of benzene rings is 1. The van der Waals surface area contributed by atoms with Crippen LogP contribution in [0.4, 0.5) is 0 Å². The maximum Gasteiger partial charge on any atom is 0.228 e. The van der Waals surface area contributed by atoms with Crippen molar-refractivity contribution in [2.24, 2.45) is 0 Å². The highest BCUT2D eigenvalue weighted by Crippen LogP contribution is 2.33. The number of methoxy groups -OCH3 is 2. The van der Waals surface area contributed by atoms with E-state index in [0.29, 0.717) is 34.3 Å². The number of carbonyl (C=O) groups excluding carboxylic acids is 1. The minimum Gasteiger partial charge on any atom is -0.493 e. The molecule has 0 saturated heterocycles. The lowest BCUT2D eigenvalue weighted by Crippen LogP contribution is -2.25. The summed E-state index contributed by atoms with van der Waals surface area (Å²) in [4.78, 5) is 29.6. The third kappa shape index (κ3) is 4.07. The van der Waals surface area contributed by atoms with Crippen molar-refractivity contribution in [3.05, 3.63) is 75.9 Å². The van der Waals surface area contributed by atoms with Gasteiger partial charge >= 0.3 is 0 Å². The number of hydrogen-bond donors (Lipinski definition) is 1. The molecule has 0 aliphatic carbocycles. The monoisotopic (exact) mass is 434 g/mol. The highest BCUT2D eigenvalue weighted by molar-refractivity contribution is 5.89. The van der Waals surface area contributed by atoms with E-state index in [1.54, 1.807) is 19.2 Å². The van der Waals surface area contributed by atoms with Crippen LogP contribution in [-0.2, 0) is 17.8 Å². The number of furan rings is 1. The molecule has 3 heterocycles. The van der Waals surface area contributed by atoms with Crippen molar-refractivity contribution in [3.8, 4) is 22.8 Å². The molecular formula is C24H22N2O6. The SMILES string of the molecule is COc1ccnc(CNC(=O)Cc2c(-c3ccccc3)oc3c(=O)cc(C)oc23)c1OC. The van der Waals surface area contributed by atoms with E-state index in [2.05, 4.69) is 10.3 Å². The molecule has 1 aromatic carbocycles. The van der Waals surface area contributed by atoms with Gasteiger partial charge in [0.25, 0.3) is 0 Å². The molecule has 4 aromatic rings. The molecule has 0 atom stereocenters. The average molecular weight is 434 g/mol. The number of rotatable bonds is 7. The smallest absolute Gasteiger partial charge is 0.228 e. The van der Waals surface area contributed by atoms with Crippen molar-refractivity contribution in [2.45, 2.75) is 19.9 Å². The minimum atomic E-state index is -0.294. The molecule has 164 valence electrons. The van der Waals surface area contributed by atoms with Crippen molar-refractivity contribution in [1.29, 1.82) is 0 Å². The molecule has 32 heavy (non-hydrogen) atoms. The maximum atomic E-state index is 12.9. The Kier molecular flexibility index (Phi) is 5.93. The Morgan fingerprint density at radius 2 is 1.84 bits per heavy atom. The lowest BCUT2D eigenvalue weighted by atomic mass is 10.1. The molecule has 4 rings (SSSR count). The zero-order valence-electron chi connectivity index (χ0n) is 17.9. The standard InChI is InChI=1S/C24H22N2O6/c1-14-11-18(27)24-22(31-14)16(21(32-24)15-7-5-4-6-8-15)12-20(28)26-13-17-23(30-3)19(29-2)9-10-25-17/h4-11H,12-13H2,1-3H3,(H,26,28). The van der Waals surface area contributed by atoms with Gasteiger partial charge in [-0.3, -0.25) is 14.6 Å². The second-order valence-electron chi connectivity index (χ2n) is 7.10. The Hall–Kier alpha value is -4.07. The van der Waals surface area contributed by atoms with Crippen LogP contribution < -0.4 is 20.2 Å². The largest absolute Gasteiger partial charge is 0.493 e. The van der Waals surface area contributed by atoms with Crippen LogP contribution >= 0.6 is 0 Å². The number of fused-ring (bicyclic) bond motifs is 1. The highest BCUT2D eigenvalue weighted by atomic mass is 16.5. The van der Waals surface area contributed by atoms with E-state index in [4.69, 9.17) is 18.3 Å². The number of hydrogen-bond acceptors (Lipinski definition) is 7. The van der Waals surface area contributed by atoms with E-state index in [1.165, 1.54) is 20.3 Å². The molecule has 0 fully saturated rings. The summed E-state index contributed by atoms with van der Waals surface area (Å²) in [5.74, 6) is 1.56. The van der Waals surface area contributed by atoms with Gasteiger partial charge in [-0.15, -0.1) is 0 Å². The van der Waals surface area contributed by atoms with E-state index in [-0.39, 0.29) is 35.5 Å². The fraction of sp³-hybridized carbons (Fsp3) is 0.208.